The molecule has 0 N–H and O–H groups in total. The minimum Gasteiger partial charge on any atom is -0.414 e. The summed E-state index contributed by atoms with van der Waals surface area (Å²) in [5, 5.41) is 22.2. The maximum Gasteiger partial charge on any atom is 0.270 e. The first kappa shape index (κ1) is 12.0. The number of nitrogens with zero attached hydrogens (tertiary/aromatic N) is 4. The van der Waals surface area contributed by atoms with Crippen LogP contribution in [-0.4, -0.2) is 20.3 Å². The highest BCUT2D eigenvalue weighted by molar-refractivity contribution is 5.59. The van der Waals surface area contributed by atoms with Crippen molar-refractivity contribution in [3.8, 4) is 23.0 Å². The van der Waals surface area contributed by atoms with Gasteiger partial charge in [-0.25, -0.2) is 0 Å². The van der Waals surface area contributed by atoms with Crippen LogP contribution in [-0.2, 0) is 0 Å². The molecule has 8 nitrogen and oxygen atoms in total. The van der Waals surface area contributed by atoms with Crippen molar-refractivity contribution >= 4 is 5.69 Å². The molecule has 0 unspecified atom stereocenters. The van der Waals surface area contributed by atoms with Gasteiger partial charge in [-0.1, -0.05) is 11.2 Å². The van der Waals surface area contributed by atoms with Crippen molar-refractivity contribution in [3.05, 3.63) is 46.2 Å². The monoisotopic (exact) mass is 272 g/mol. The Bertz CT molecular complexity index is 777. The first-order valence-electron chi connectivity index (χ1n) is 5.65. The van der Waals surface area contributed by atoms with Crippen LogP contribution in [0.1, 0.15) is 5.76 Å². The van der Waals surface area contributed by atoms with E-state index in [-0.39, 0.29) is 17.5 Å². The van der Waals surface area contributed by atoms with Crippen LogP contribution >= 0.6 is 0 Å². The van der Waals surface area contributed by atoms with Crippen molar-refractivity contribution in [3.63, 3.8) is 0 Å². The second-order valence-electron chi connectivity index (χ2n) is 4.04. The lowest BCUT2D eigenvalue weighted by Gasteiger charge is -1.94. The number of benzene rings is 1. The zero-order valence-corrected chi connectivity index (χ0v) is 10.3. The smallest absolute Gasteiger partial charge is 0.270 e. The predicted octanol–water partition coefficient (Wildman–Crippen LogP) is 2.61. The molecule has 0 saturated heterocycles. The van der Waals surface area contributed by atoms with Gasteiger partial charge in [0.15, 0.2) is 5.69 Å². The molecule has 0 bridgehead atoms. The number of nitro groups is 1. The largest absolute Gasteiger partial charge is 0.414 e. The van der Waals surface area contributed by atoms with Crippen molar-refractivity contribution in [1.29, 1.82) is 0 Å². The summed E-state index contributed by atoms with van der Waals surface area (Å²) >= 11 is 0. The lowest BCUT2D eigenvalue weighted by atomic mass is 10.2. The summed E-state index contributed by atoms with van der Waals surface area (Å²) in [4.78, 5) is 10.2. The second kappa shape index (κ2) is 4.57. The molecule has 3 rings (SSSR count). The number of nitro benzene ring substituents is 1. The molecule has 0 aliphatic heterocycles. The molecule has 100 valence electrons. The molecule has 8 heteroatoms. The topological polar surface area (TPSA) is 108 Å². The number of aromatic nitrogens is 3. The summed E-state index contributed by atoms with van der Waals surface area (Å²) in [5.74, 6) is 1.00. The van der Waals surface area contributed by atoms with Crippen LogP contribution in [0.5, 0.6) is 0 Å². The molecule has 0 fully saturated rings. The Morgan fingerprint density at radius 2 is 2.00 bits per heavy atom. The minimum absolute atomic E-state index is 0.0421. The second-order valence-corrected chi connectivity index (χ2v) is 4.04. The maximum absolute atomic E-state index is 10.7. The van der Waals surface area contributed by atoms with Gasteiger partial charge in [-0.2, -0.15) is 0 Å². The van der Waals surface area contributed by atoms with E-state index in [1.807, 2.05) is 0 Å². The fraction of sp³-hybridized carbons (Fsp3) is 0.0833. The Kier molecular flexibility index (Phi) is 2.75. The number of non-ortho nitro benzene ring substituents is 1. The molecule has 3 aromatic rings. The highest BCUT2D eigenvalue weighted by Gasteiger charge is 2.15. The summed E-state index contributed by atoms with van der Waals surface area (Å²) in [7, 11) is 0. The third-order valence-electron chi connectivity index (χ3n) is 2.58. The number of aryl methyl sites for hydroxylation is 1. The van der Waals surface area contributed by atoms with E-state index in [4.69, 9.17) is 8.94 Å². The average Bonchev–Trinajstić information content (AvgIpc) is 3.07. The van der Waals surface area contributed by atoms with E-state index < -0.39 is 4.92 Å². The van der Waals surface area contributed by atoms with Gasteiger partial charge in [0, 0.05) is 23.8 Å². The predicted molar refractivity (Wildman–Crippen MR) is 66.6 cm³/mol. The van der Waals surface area contributed by atoms with Gasteiger partial charge in [-0.3, -0.25) is 10.1 Å². The molecule has 0 saturated carbocycles. The summed E-state index contributed by atoms with van der Waals surface area (Å²) in [6.07, 6.45) is 0. The van der Waals surface area contributed by atoms with Crippen LogP contribution < -0.4 is 0 Å². The van der Waals surface area contributed by atoms with E-state index in [0.29, 0.717) is 17.0 Å². The molecule has 2 heterocycles. The van der Waals surface area contributed by atoms with Crippen LogP contribution in [0.2, 0.25) is 0 Å². The Balaban J connectivity index is 1.98. The summed E-state index contributed by atoms with van der Waals surface area (Å²) in [5.41, 5.74) is 0.851. The summed E-state index contributed by atoms with van der Waals surface area (Å²) in [6.45, 7) is 1.74. The molecule has 0 aliphatic rings. The summed E-state index contributed by atoms with van der Waals surface area (Å²) in [6, 6.07) is 7.62. The highest BCUT2D eigenvalue weighted by atomic mass is 16.6. The Morgan fingerprint density at radius 3 is 2.70 bits per heavy atom. The van der Waals surface area contributed by atoms with E-state index in [9.17, 15) is 10.1 Å². The van der Waals surface area contributed by atoms with Gasteiger partial charge in [0.05, 0.1) is 4.92 Å². The van der Waals surface area contributed by atoms with Crippen molar-refractivity contribution in [2.24, 2.45) is 0 Å². The van der Waals surface area contributed by atoms with Gasteiger partial charge < -0.3 is 8.94 Å². The molecule has 1 aromatic carbocycles. The van der Waals surface area contributed by atoms with E-state index in [2.05, 4.69) is 15.4 Å². The molecule has 0 radical (unpaired) electrons. The lowest BCUT2D eigenvalue weighted by molar-refractivity contribution is -0.384. The zero-order chi connectivity index (χ0) is 14.1. The molecule has 20 heavy (non-hydrogen) atoms. The third kappa shape index (κ3) is 2.14. The Morgan fingerprint density at radius 1 is 1.20 bits per heavy atom. The van der Waals surface area contributed by atoms with Gasteiger partial charge in [0.2, 0.25) is 5.89 Å². The maximum atomic E-state index is 10.7. The van der Waals surface area contributed by atoms with Gasteiger partial charge in [0.1, 0.15) is 5.76 Å². The molecule has 0 atom stereocenters. The fourth-order valence-electron chi connectivity index (χ4n) is 1.66. The summed E-state index contributed by atoms with van der Waals surface area (Å²) < 4.78 is 10.4. The lowest BCUT2D eigenvalue weighted by Crippen LogP contribution is -1.88. The first-order valence-corrected chi connectivity index (χ1v) is 5.65. The third-order valence-corrected chi connectivity index (χ3v) is 2.58. The number of hydrogen-bond acceptors (Lipinski definition) is 7. The van der Waals surface area contributed by atoms with Gasteiger partial charge in [-0.05, 0) is 13.0 Å². The van der Waals surface area contributed by atoms with Crippen LogP contribution in [0.25, 0.3) is 23.0 Å². The molecule has 0 aliphatic carbocycles. The SMILES string of the molecule is Cc1cc(-c2nnc(-c3cccc([N+](=O)[O-])c3)o2)no1. The number of hydrogen-bond donors (Lipinski definition) is 0. The van der Waals surface area contributed by atoms with E-state index >= 15 is 0 Å². The minimum atomic E-state index is -0.484. The van der Waals surface area contributed by atoms with E-state index in [1.165, 1.54) is 12.1 Å². The first-order chi connectivity index (χ1) is 9.63. The Labute approximate surface area is 112 Å². The van der Waals surface area contributed by atoms with Crippen LogP contribution in [0, 0.1) is 17.0 Å². The molecular formula is C12H8N4O4. The molecule has 0 spiro atoms. The molecule has 0 amide bonds. The Hall–Kier alpha value is -3.03. The van der Waals surface area contributed by atoms with Gasteiger partial charge in [-0.15, -0.1) is 10.2 Å². The normalized spacial score (nSPS) is 10.7. The average molecular weight is 272 g/mol. The van der Waals surface area contributed by atoms with Crippen molar-refractivity contribution < 1.29 is 13.9 Å². The quantitative estimate of drug-likeness (QED) is 0.532. The van der Waals surface area contributed by atoms with Gasteiger partial charge in [0.25, 0.3) is 11.6 Å². The highest BCUT2D eigenvalue weighted by Crippen LogP contribution is 2.25. The van der Waals surface area contributed by atoms with Gasteiger partial charge >= 0.3 is 0 Å². The number of rotatable bonds is 3. The van der Waals surface area contributed by atoms with E-state index in [1.54, 1.807) is 25.1 Å². The molecular weight excluding hydrogens is 264 g/mol. The zero-order valence-electron chi connectivity index (χ0n) is 10.3. The van der Waals surface area contributed by atoms with Crippen LogP contribution in [0.4, 0.5) is 5.69 Å². The van der Waals surface area contributed by atoms with Crippen LogP contribution in [0.3, 0.4) is 0 Å². The molecule has 2 aromatic heterocycles. The standard InChI is InChI=1S/C12H8N4O4/c1-7-5-10(15-20-7)12-14-13-11(19-12)8-3-2-4-9(6-8)16(17)18/h2-6H,1H3. The van der Waals surface area contributed by atoms with Crippen molar-refractivity contribution in [2.75, 3.05) is 0 Å². The van der Waals surface area contributed by atoms with Crippen molar-refractivity contribution in [2.45, 2.75) is 6.92 Å². The fourth-order valence-corrected chi connectivity index (χ4v) is 1.66. The van der Waals surface area contributed by atoms with E-state index in [0.717, 1.165) is 0 Å². The van der Waals surface area contributed by atoms with Crippen LogP contribution in [0.15, 0.2) is 39.3 Å². The van der Waals surface area contributed by atoms with Crippen molar-refractivity contribution in [1.82, 2.24) is 15.4 Å².